The van der Waals surface area contributed by atoms with Crippen LogP contribution in [0.3, 0.4) is 0 Å². The lowest BCUT2D eigenvalue weighted by Gasteiger charge is -2.20. The lowest BCUT2D eigenvalue weighted by Crippen LogP contribution is -2.37. The maximum atomic E-state index is 12.8. The second kappa shape index (κ2) is 9.14. The summed E-state index contributed by atoms with van der Waals surface area (Å²) in [6, 6.07) is 17.2. The molecule has 0 radical (unpaired) electrons. The third-order valence-electron chi connectivity index (χ3n) is 5.03. The van der Waals surface area contributed by atoms with Crippen molar-refractivity contribution in [3.8, 4) is 11.5 Å². The quantitative estimate of drug-likeness (QED) is 0.612. The molecule has 6 nitrogen and oxygen atoms in total. The lowest BCUT2D eigenvalue weighted by atomic mass is 9.92. The van der Waals surface area contributed by atoms with Crippen molar-refractivity contribution in [3.63, 3.8) is 0 Å². The van der Waals surface area contributed by atoms with Crippen molar-refractivity contribution in [2.24, 2.45) is 9.98 Å². The number of fused-ring (bicyclic) bond motifs is 1. The number of aliphatic imine (C=N–C) groups is 2. The number of ether oxygens (including phenoxy) is 2. The summed E-state index contributed by atoms with van der Waals surface area (Å²) in [6.07, 6.45) is 0.299. The summed E-state index contributed by atoms with van der Waals surface area (Å²) in [4.78, 5) is 23.5. The van der Waals surface area contributed by atoms with Crippen LogP contribution >= 0.6 is 11.3 Å². The van der Waals surface area contributed by atoms with Gasteiger partial charge in [0.2, 0.25) is 5.91 Å². The third kappa shape index (κ3) is 4.51. The maximum Gasteiger partial charge on any atom is 0.230 e. The largest absolute Gasteiger partial charge is 0.493 e. The van der Waals surface area contributed by atoms with Gasteiger partial charge in [-0.1, -0.05) is 24.3 Å². The number of hydrogen-bond acceptors (Lipinski definition) is 6. The van der Waals surface area contributed by atoms with Crippen LogP contribution in [0, 0.1) is 0 Å². The van der Waals surface area contributed by atoms with Crippen molar-refractivity contribution >= 4 is 40.2 Å². The Morgan fingerprint density at radius 1 is 1.00 bits per heavy atom. The van der Waals surface area contributed by atoms with Crippen LogP contribution in [0.1, 0.15) is 23.3 Å². The summed E-state index contributed by atoms with van der Waals surface area (Å²) in [5, 5.41) is 5.01. The Balaban J connectivity index is 1.76. The van der Waals surface area contributed by atoms with E-state index in [1.165, 1.54) is 0 Å². The van der Waals surface area contributed by atoms with E-state index in [2.05, 4.69) is 5.32 Å². The summed E-state index contributed by atoms with van der Waals surface area (Å²) < 4.78 is 10.9. The molecule has 2 heterocycles. The number of carbonyl (C=O) groups excluding carboxylic acids is 1. The topological polar surface area (TPSA) is 72.3 Å². The summed E-state index contributed by atoms with van der Waals surface area (Å²) >= 11 is 1.56. The number of hydrogen-bond donors (Lipinski definition) is 1. The zero-order chi connectivity index (χ0) is 21.8. The first-order chi connectivity index (χ1) is 15.1. The second-order valence-corrected chi connectivity index (χ2v) is 8.12. The number of carbonyl (C=O) groups is 1. The van der Waals surface area contributed by atoms with Gasteiger partial charge in [0.1, 0.15) is 5.84 Å². The van der Waals surface area contributed by atoms with Crippen molar-refractivity contribution in [1.82, 2.24) is 5.32 Å². The van der Waals surface area contributed by atoms with E-state index in [0.29, 0.717) is 23.8 Å². The molecule has 1 atom stereocenters. The molecule has 0 spiro atoms. The number of benzene rings is 2. The fourth-order valence-electron chi connectivity index (χ4n) is 3.59. The maximum absolute atomic E-state index is 12.8. The van der Waals surface area contributed by atoms with Crippen molar-refractivity contribution in [3.05, 3.63) is 70.4 Å². The number of para-hydroxylation sites is 2. The van der Waals surface area contributed by atoms with Crippen LogP contribution in [-0.2, 0) is 11.2 Å². The first kappa shape index (κ1) is 20.8. The van der Waals surface area contributed by atoms with E-state index in [9.17, 15) is 4.79 Å². The Kier molecular flexibility index (Phi) is 6.13. The standard InChI is InChI=1S/C24H23N3O3S/c1-15-23(16-10-11-20(29-2)21(13-16)30-3)24(26-19-9-5-4-8-18(19)25-15)27-22(28)14-17-7-6-12-31-17/h4-13,23H,14H2,1-3H3,(H,26,27,28). The van der Waals surface area contributed by atoms with E-state index in [4.69, 9.17) is 19.5 Å². The molecule has 0 bridgehead atoms. The number of thiophene rings is 1. The minimum absolute atomic E-state index is 0.112. The van der Waals surface area contributed by atoms with Crippen LogP contribution in [0.2, 0.25) is 0 Å². The van der Waals surface area contributed by atoms with E-state index in [-0.39, 0.29) is 11.8 Å². The van der Waals surface area contributed by atoms with Gasteiger partial charge in [0.25, 0.3) is 0 Å². The molecule has 158 valence electrons. The molecule has 2 aromatic carbocycles. The van der Waals surface area contributed by atoms with Crippen LogP contribution in [-0.4, -0.2) is 31.7 Å². The summed E-state index contributed by atoms with van der Waals surface area (Å²) in [7, 11) is 3.20. The van der Waals surface area contributed by atoms with Gasteiger partial charge in [0.05, 0.1) is 37.9 Å². The van der Waals surface area contributed by atoms with E-state index < -0.39 is 0 Å². The number of amides is 1. The SMILES string of the molecule is COc1ccc(C2C(C)=Nc3ccccc3N=C2NC(=O)Cc2cccs2)cc1OC. The van der Waals surface area contributed by atoms with Crippen LogP contribution in [0.4, 0.5) is 11.4 Å². The Labute approximate surface area is 185 Å². The Morgan fingerprint density at radius 3 is 2.42 bits per heavy atom. The number of nitrogens with zero attached hydrogens (tertiary/aromatic N) is 2. The zero-order valence-corrected chi connectivity index (χ0v) is 18.4. The number of rotatable bonds is 5. The van der Waals surface area contributed by atoms with E-state index in [1.807, 2.05) is 66.9 Å². The number of nitrogens with one attached hydrogen (secondary N) is 1. The molecule has 7 heteroatoms. The Hall–Kier alpha value is -3.45. The molecule has 4 rings (SSSR count). The van der Waals surface area contributed by atoms with Crippen LogP contribution in [0.25, 0.3) is 0 Å². The molecule has 1 aromatic heterocycles. The average molecular weight is 434 g/mol. The molecule has 1 amide bonds. The molecule has 3 aromatic rings. The van der Waals surface area contributed by atoms with Gasteiger partial charge >= 0.3 is 0 Å². The van der Waals surface area contributed by atoms with Gasteiger partial charge in [-0.05, 0) is 48.2 Å². The van der Waals surface area contributed by atoms with E-state index in [1.54, 1.807) is 25.6 Å². The van der Waals surface area contributed by atoms with Gasteiger partial charge < -0.3 is 14.8 Å². The highest BCUT2D eigenvalue weighted by molar-refractivity contribution is 7.10. The zero-order valence-electron chi connectivity index (χ0n) is 17.6. The Bertz CT molecular complexity index is 1150. The molecule has 31 heavy (non-hydrogen) atoms. The van der Waals surface area contributed by atoms with Gasteiger partial charge in [0, 0.05) is 10.6 Å². The molecule has 0 saturated heterocycles. The van der Waals surface area contributed by atoms with Crippen molar-refractivity contribution in [1.29, 1.82) is 0 Å². The summed E-state index contributed by atoms with van der Waals surface area (Å²) in [6.45, 7) is 1.95. The Morgan fingerprint density at radius 2 is 1.74 bits per heavy atom. The minimum atomic E-state index is -0.334. The van der Waals surface area contributed by atoms with Gasteiger partial charge in [-0.2, -0.15) is 0 Å². The predicted molar refractivity (Wildman–Crippen MR) is 125 cm³/mol. The normalized spacial score (nSPS) is 15.3. The van der Waals surface area contributed by atoms with Crippen LogP contribution < -0.4 is 14.8 Å². The minimum Gasteiger partial charge on any atom is -0.493 e. The molecular formula is C24H23N3O3S. The highest BCUT2D eigenvalue weighted by Crippen LogP contribution is 2.36. The first-order valence-corrected chi connectivity index (χ1v) is 10.7. The monoisotopic (exact) mass is 433 g/mol. The van der Waals surface area contributed by atoms with Crippen molar-refractivity contribution < 1.29 is 14.3 Å². The molecule has 0 saturated carbocycles. The predicted octanol–water partition coefficient (Wildman–Crippen LogP) is 5.04. The van der Waals surface area contributed by atoms with E-state index >= 15 is 0 Å². The molecule has 1 unspecified atom stereocenters. The molecule has 0 aliphatic carbocycles. The third-order valence-corrected chi connectivity index (χ3v) is 5.91. The summed E-state index contributed by atoms with van der Waals surface area (Å²) in [5.41, 5.74) is 3.22. The number of amidine groups is 1. The smallest absolute Gasteiger partial charge is 0.230 e. The number of methoxy groups -OCH3 is 2. The fourth-order valence-corrected chi connectivity index (χ4v) is 4.29. The fraction of sp³-hybridized carbons (Fsp3) is 0.208. The highest BCUT2D eigenvalue weighted by Gasteiger charge is 2.27. The van der Waals surface area contributed by atoms with Gasteiger partial charge in [-0.25, -0.2) is 4.99 Å². The second-order valence-electron chi connectivity index (χ2n) is 7.09. The van der Waals surface area contributed by atoms with E-state index in [0.717, 1.165) is 27.5 Å². The van der Waals surface area contributed by atoms with Crippen LogP contribution in [0.15, 0.2) is 70.0 Å². The van der Waals surface area contributed by atoms with Gasteiger partial charge in [0.15, 0.2) is 11.5 Å². The van der Waals surface area contributed by atoms with Crippen molar-refractivity contribution in [2.75, 3.05) is 14.2 Å². The highest BCUT2D eigenvalue weighted by atomic mass is 32.1. The van der Waals surface area contributed by atoms with Gasteiger partial charge in [-0.3, -0.25) is 9.79 Å². The molecule has 1 aliphatic heterocycles. The first-order valence-electron chi connectivity index (χ1n) is 9.86. The van der Waals surface area contributed by atoms with Gasteiger partial charge in [-0.15, -0.1) is 11.3 Å². The molecule has 1 aliphatic rings. The molecule has 1 N–H and O–H groups in total. The average Bonchev–Trinajstić information content (AvgIpc) is 3.22. The van der Waals surface area contributed by atoms with Crippen LogP contribution in [0.5, 0.6) is 11.5 Å². The molecule has 0 fully saturated rings. The lowest BCUT2D eigenvalue weighted by molar-refractivity contribution is -0.119. The summed E-state index contributed by atoms with van der Waals surface area (Å²) in [5.74, 6) is 1.34. The molecular weight excluding hydrogens is 410 g/mol. The van der Waals surface area contributed by atoms with Crippen molar-refractivity contribution in [2.45, 2.75) is 19.3 Å².